The van der Waals surface area contributed by atoms with Crippen LogP contribution >= 0.6 is 11.6 Å². The van der Waals surface area contributed by atoms with Gasteiger partial charge in [-0.1, -0.05) is 23.6 Å². The number of nitrogens with one attached hydrogen (secondary N) is 3. The number of hydrogen-bond acceptors (Lipinski definition) is 4. The van der Waals surface area contributed by atoms with Gasteiger partial charge in [-0.2, -0.15) is 0 Å². The molecular formula is C18H14ClN3O4. The maximum Gasteiger partial charge on any atom is 0.328 e. The van der Waals surface area contributed by atoms with Crippen LogP contribution in [0.25, 0.3) is 0 Å². The molecule has 2 aromatic rings. The Kier molecular flexibility index (Phi) is 5.83. The number of aryl methyl sites for hydroxylation is 1. The first-order valence-corrected chi connectivity index (χ1v) is 7.67. The van der Waals surface area contributed by atoms with Gasteiger partial charge in [0.05, 0.1) is 5.56 Å². The highest BCUT2D eigenvalue weighted by Crippen LogP contribution is 2.21. The molecule has 26 heavy (non-hydrogen) atoms. The molecule has 0 aromatic heterocycles. The SMILES string of the molecule is C#Cc1ccc(C)c(NC(=O)C(=O)NNC(=O)c2cc(Cl)ccc2O)c1. The van der Waals surface area contributed by atoms with Crippen LogP contribution in [0.5, 0.6) is 5.75 Å². The zero-order valence-electron chi connectivity index (χ0n) is 13.6. The third-order valence-corrected chi connectivity index (χ3v) is 3.59. The van der Waals surface area contributed by atoms with Crippen molar-refractivity contribution < 1.29 is 19.5 Å². The van der Waals surface area contributed by atoms with Crippen molar-refractivity contribution in [3.05, 3.63) is 58.1 Å². The van der Waals surface area contributed by atoms with Crippen molar-refractivity contribution in [2.45, 2.75) is 6.92 Å². The molecule has 8 heteroatoms. The van der Waals surface area contributed by atoms with E-state index in [-0.39, 0.29) is 16.3 Å². The number of aromatic hydroxyl groups is 1. The average molecular weight is 372 g/mol. The van der Waals surface area contributed by atoms with E-state index in [1.165, 1.54) is 18.2 Å². The van der Waals surface area contributed by atoms with Crippen LogP contribution in [0.2, 0.25) is 5.02 Å². The Labute approximate surface area is 154 Å². The average Bonchev–Trinajstić information content (AvgIpc) is 2.63. The van der Waals surface area contributed by atoms with Gasteiger partial charge in [-0.3, -0.25) is 25.2 Å². The predicted octanol–water partition coefficient (Wildman–Crippen LogP) is 1.74. The first-order valence-electron chi connectivity index (χ1n) is 7.29. The van der Waals surface area contributed by atoms with Crippen molar-refractivity contribution in [2.75, 3.05) is 5.32 Å². The predicted molar refractivity (Wildman–Crippen MR) is 96.5 cm³/mol. The molecule has 132 valence electrons. The molecule has 3 amide bonds. The van der Waals surface area contributed by atoms with Gasteiger partial charge in [0.25, 0.3) is 5.91 Å². The molecule has 0 bridgehead atoms. The summed E-state index contributed by atoms with van der Waals surface area (Å²) in [6.45, 7) is 1.73. The van der Waals surface area contributed by atoms with Gasteiger partial charge in [0.1, 0.15) is 5.75 Å². The fourth-order valence-corrected chi connectivity index (χ4v) is 2.13. The first kappa shape index (κ1) is 18.8. The Bertz CT molecular complexity index is 935. The summed E-state index contributed by atoms with van der Waals surface area (Å²) in [5.41, 5.74) is 5.43. The summed E-state index contributed by atoms with van der Waals surface area (Å²) >= 11 is 5.75. The van der Waals surface area contributed by atoms with Crippen LogP contribution in [-0.2, 0) is 9.59 Å². The van der Waals surface area contributed by atoms with E-state index in [0.29, 0.717) is 16.8 Å². The fraction of sp³-hybridized carbons (Fsp3) is 0.0556. The van der Waals surface area contributed by atoms with Crippen molar-refractivity contribution in [3.8, 4) is 18.1 Å². The van der Waals surface area contributed by atoms with Crippen LogP contribution < -0.4 is 16.2 Å². The summed E-state index contributed by atoms with van der Waals surface area (Å²) in [7, 11) is 0. The van der Waals surface area contributed by atoms with Crippen molar-refractivity contribution in [1.82, 2.24) is 10.9 Å². The summed E-state index contributed by atoms with van der Waals surface area (Å²) < 4.78 is 0. The number of hydrogen-bond donors (Lipinski definition) is 4. The Morgan fingerprint density at radius 2 is 1.81 bits per heavy atom. The minimum absolute atomic E-state index is 0.157. The number of carbonyl (C=O) groups is 3. The van der Waals surface area contributed by atoms with Gasteiger partial charge in [0.15, 0.2) is 0 Å². The Balaban J connectivity index is 1.99. The highest BCUT2D eigenvalue weighted by atomic mass is 35.5. The van der Waals surface area contributed by atoms with Gasteiger partial charge in [0.2, 0.25) is 0 Å². The lowest BCUT2D eigenvalue weighted by Gasteiger charge is -2.10. The van der Waals surface area contributed by atoms with E-state index in [1.54, 1.807) is 25.1 Å². The van der Waals surface area contributed by atoms with Crippen molar-refractivity contribution in [2.24, 2.45) is 0 Å². The van der Waals surface area contributed by atoms with Crippen molar-refractivity contribution in [3.63, 3.8) is 0 Å². The van der Waals surface area contributed by atoms with Gasteiger partial charge in [-0.25, -0.2) is 0 Å². The second kappa shape index (κ2) is 8.05. The van der Waals surface area contributed by atoms with Gasteiger partial charge in [-0.15, -0.1) is 6.42 Å². The molecule has 0 radical (unpaired) electrons. The quantitative estimate of drug-likeness (QED) is 0.366. The van der Waals surface area contributed by atoms with Crippen LogP contribution in [-0.4, -0.2) is 22.8 Å². The minimum Gasteiger partial charge on any atom is -0.507 e. The van der Waals surface area contributed by atoms with E-state index in [2.05, 4.69) is 11.2 Å². The zero-order chi connectivity index (χ0) is 19.3. The molecule has 0 unspecified atom stereocenters. The molecule has 0 aliphatic rings. The molecule has 0 saturated heterocycles. The Morgan fingerprint density at radius 1 is 1.08 bits per heavy atom. The van der Waals surface area contributed by atoms with Crippen LogP contribution in [0.4, 0.5) is 5.69 Å². The lowest BCUT2D eigenvalue weighted by atomic mass is 10.1. The molecule has 0 spiro atoms. The number of hydrazine groups is 1. The maximum absolute atomic E-state index is 11.9. The van der Waals surface area contributed by atoms with Crippen molar-refractivity contribution >= 4 is 35.0 Å². The topological polar surface area (TPSA) is 108 Å². The highest BCUT2D eigenvalue weighted by molar-refractivity contribution is 6.39. The molecule has 0 heterocycles. The summed E-state index contributed by atoms with van der Waals surface area (Å²) in [6, 6.07) is 8.78. The van der Waals surface area contributed by atoms with Gasteiger partial charge < -0.3 is 10.4 Å². The molecule has 0 atom stereocenters. The lowest BCUT2D eigenvalue weighted by molar-refractivity contribution is -0.136. The Hall–Kier alpha value is -3.50. The van der Waals surface area contributed by atoms with E-state index in [9.17, 15) is 19.5 Å². The molecule has 0 aliphatic heterocycles. The van der Waals surface area contributed by atoms with Gasteiger partial charge in [0, 0.05) is 16.3 Å². The fourth-order valence-electron chi connectivity index (χ4n) is 1.95. The highest BCUT2D eigenvalue weighted by Gasteiger charge is 2.17. The number of amides is 3. The number of halogens is 1. The number of carbonyl (C=O) groups excluding carboxylic acids is 3. The van der Waals surface area contributed by atoms with E-state index < -0.39 is 17.7 Å². The summed E-state index contributed by atoms with van der Waals surface area (Å²) in [5, 5.41) is 12.3. The Morgan fingerprint density at radius 3 is 2.50 bits per heavy atom. The third kappa shape index (κ3) is 4.53. The molecule has 0 aliphatic carbocycles. The second-order valence-electron chi connectivity index (χ2n) is 5.20. The molecular weight excluding hydrogens is 358 g/mol. The number of phenolic OH excluding ortho intramolecular Hbond substituents is 1. The van der Waals surface area contributed by atoms with E-state index >= 15 is 0 Å². The third-order valence-electron chi connectivity index (χ3n) is 3.35. The molecule has 4 N–H and O–H groups in total. The van der Waals surface area contributed by atoms with E-state index in [4.69, 9.17) is 18.0 Å². The van der Waals surface area contributed by atoms with Crippen molar-refractivity contribution in [1.29, 1.82) is 0 Å². The smallest absolute Gasteiger partial charge is 0.328 e. The monoisotopic (exact) mass is 371 g/mol. The lowest BCUT2D eigenvalue weighted by Crippen LogP contribution is -2.46. The molecule has 0 saturated carbocycles. The first-order chi connectivity index (χ1) is 12.3. The standard InChI is InChI=1S/C18H14ClN3O4/c1-3-11-5-4-10(2)14(8-11)20-17(25)18(26)22-21-16(24)13-9-12(19)6-7-15(13)23/h1,4-9,23H,2H3,(H,20,25)(H,21,24)(H,22,26). The molecule has 2 rings (SSSR count). The number of rotatable bonds is 2. The summed E-state index contributed by atoms with van der Waals surface area (Å²) in [6.07, 6.45) is 5.30. The number of phenols is 1. The largest absolute Gasteiger partial charge is 0.507 e. The van der Waals surface area contributed by atoms with Gasteiger partial charge >= 0.3 is 11.8 Å². The van der Waals surface area contributed by atoms with E-state index in [1.807, 2.05) is 10.9 Å². The van der Waals surface area contributed by atoms with Crippen LogP contribution in [0.1, 0.15) is 21.5 Å². The molecule has 2 aromatic carbocycles. The maximum atomic E-state index is 11.9. The molecule has 0 fully saturated rings. The molecule has 7 nitrogen and oxygen atoms in total. The normalized spacial score (nSPS) is 9.73. The van der Waals surface area contributed by atoms with Crippen LogP contribution in [0.15, 0.2) is 36.4 Å². The van der Waals surface area contributed by atoms with Crippen LogP contribution in [0, 0.1) is 19.3 Å². The summed E-state index contributed by atoms with van der Waals surface area (Å²) in [5.74, 6) is -0.849. The van der Waals surface area contributed by atoms with Crippen LogP contribution in [0.3, 0.4) is 0 Å². The van der Waals surface area contributed by atoms with E-state index in [0.717, 1.165) is 0 Å². The number of anilines is 1. The van der Waals surface area contributed by atoms with Gasteiger partial charge in [-0.05, 0) is 42.8 Å². The minimum atomic E-state index is -1.11. The number of benzene rings is 2. The second-order valence-corrected chi connectivity index (χ2v) is 5.63. The number of terminal acetylenes is 1. The summed E-state index contributed by atoms with van der Waals surface area (Å²) in [4.78, 5) is 35.7. The zero-order valence-corrected chi connectivity index (χ0v) is 14.3.